The number of benzene rings is 1. The second-order valence-electron chi connectivity index (χ2n) is 5.40. The first kappa shape index (κ1) is 16.3. The maximum absolute atomic E-state index is 12.3. The number of carbonyl (C=O) groups is 2. The summed E-state index contributed by atoms with van der Waals surface area (Å²) in [6, 6.07) is 9.10. The molecule has 2 aromatic heterocycles. The van der Waals surface area contributed by atoms with Gasteiger partial charge in [-0.3, -0.25) is 14.4 Å². The maximum atomic E-state index is 12.3. The van der Waals surface area contributed by atoms with Gasteiger partial charge in [0.2, 0.25) is 5.78 Å². The molecule has 1 amide bonds. The molecule has 0 radical (unpaired) electrons. The predicted molar refractivity (Wildman–Crippen MR) is 90.5 cm³/mol. The normalized spacial score (nSPS) is 10.5. The molecule has 126 valence electrons. The molecule has 0 atom stereocenters. The number of aryl methyl sites for hydroxylation is 2. The summed E-state index contributed by atoms with van der Waals surface area (Å²) in [5.74, 6) is -0.310. The molecule has 1 aromatic carbocycles. The Bertz CT molecular complexity index is 1000. The van der Waals surface area contributed by atoms with E-state index in [1.807, 2.05) is 0 Å². The van der Waals surface area contributed by atoms with Gasteiger partial charge in [0.1, 0.15) is 5.69 Å². The van der Waals surface area contributed by atoms with Crippen molar-refractivity contribution in [3.05, 3.63) is 76.2 Å². The summed E-state index contributed by atoms with van der Waals surface area (Å²) in [4.78, 5) is 39.8. The average Bonchev–Trinajstić information content (AvgIpc) is 3.03. The van der Waals surface area contributed by atoms with Crippen LogP contribution in [0.1, 0.15) is 26.7 Å². The van der Waals surface area contributed by atoms with E-state index in [-0.39, 0.29) is 17.0 Å². The van der Waals surface area contributed by atoms with Gasteiger partial charge in [-0.25, -0.2) is 9.67 Å². The lowest BCUT2D eigenvalue weighted by Gasteiger charge is -2.06. The van der Waals surface area contributed by atoms with Crippen molar-refractivity contribution in [3.8, 4) is 0 Å². The van der Waals surface area contributed by atoms with Crippen LogP contribution in [0.5, 0.6) is 0 Å². The quantitative estimate of drug-likeness (QED) is 0.716. The molecule has 0 aliphatic heterocycles. The van der Waals surface area contributed by atoms with Crippen molar-refractivity contribution in [1.82, 2.24) is 19.3 Å². The zero-order valence-corrected chi connectivity index (χ0v) is 13.6. The summed E-state index contributed by atoms with van der Waals surface area (Å²) < 4.78 is 2.73. The highest BCUT2D eigenvalue weighted by Crippen LogP contribution is 2.13. The van der Waals surface area contributed by atoms with Gasteiger partial charge in [-0.15, -0.1) is 0 Å². The van der Waals surface area contributed by atoms with E-state index in [4.69, 9.17) is 0 Å². The SMILES string of the molecule is Cn1ccnc1C(=O)c1ccc(NC(=O)c2ccc(=O)n(C)n2)cc1. The number of hydrogen-bond donors (Lipinski definition) is 1. The Morgan fingerprint density at radius 3 is 2.36 bits per heavy atom. The van der Waals surface area contributed by atoms with E-state index in [1.54, 1.807) is 48.3 Å². The second kappa shape index (κ2) is 6.52. The molecule has 3 aromatic rings. The minimum Gasteiger partial charge on any atom is -0.331 e. The fourth-order valence-electron chi connectivity index (χ4n) is 2.24. The minimum absolute atomic E-state index is 0.121. The molecule has 0 saturated heterocycles. The summed E-state index contributed by atoms with van der Waals surface area (Å²) in [5.41, 5.74) is 0.800. The van der Waals surface area contributed by atoms with E-state index in [0.717, 1.165) is 4.68 Å². The Hall–Kier alpha value is -3.55. The van der Waals surface area contributed by atoms with E-state index < -0.39 is 5.91 Å². The lowest BCUT2D eigenvalue weighted by atomic mass is 10.1. The van der Waals surface area contributed by atoms with Crippen molar-refractivity contribution < 1.29 is 9.59 Å². The summed E-state index contributed by atoms with van der Waals surface area (Å²) in [6.07, 6.45) is 3.25. The van der Waals surface area contributed by atoms with Crippen LogP contribution >= 0.6 is 0 Å². The van der Waals surface area contributed by atoms with Crippen molar-refractivity contribution in [1.29, 1.82) is 0 Å². The molecule has 0 fully saturated rings. The van der Waals surface area contributed by atoms with Crippen LogP contribution in [-0.2, 0) is 14.1 Å². The molecule has 0 spiro atoms. The standard InChI is InChI=1S/C17H15N5O3/c1-21-10-9-18-16(21)15(24)11-3-5-12(6-4-11)19-17(25)13-7-8-14(23)22(2)20-13/h3-10H,1-2H3,(H,19,25). The van der Waals surface area contributed by atoms with E-state index >= 15 is 0 Å². The van der Waals surface area contributed by atoms with Crippen molar-refractivity contribution in [2.45, 2.75) is 0 Å². The zero-order chi connectivity index (χ0) is 18.0. The first-order valence-electron chi connectivity index (χ1n) is 7.43. The van der Waals surface area contributed by atoms with Crippen molar-refractivity contribution >= 4 is 17.4 Å². The van der Waals surface area contributed by atoms with Crippen molar-refractivity contribution in [2.75, 3.05) is 5.32 Å². The zero-order valence-electron chi connectivity index (χ0n) is 13.6. The molecule has 1 N–H and O–H groups in total. The van der Waals surface area contributed by atoms with Crippen LogP contribution in [-0.4, -0.2) is 31.0 Å². The number of ketones is 1. The number of nitrogens with one attached hydrogen (secondary N) is 1. The third-order valence-electron chi connectivity index (χ3n) is 3.62. The van der Waals surface area contributed by atoms with Gasteiger partial charge >= 0.3 is 0 Å². The van der Waals surface area contributed by atoms with Gasteiger partial charge in [0.05, 0.1) is 0 Å². The smallest absolute Gasteiger partial charge is 0.276 e. The fraction of sp³-hybridized carbons (Fsp3) is 0.118. The highest BCUT2D eigenvalue weighted by atomic mass is 16.2. The van der Waals surface area contributed by atoms with Gasteiger partial charge in [0, 0.05) is 43.8 Å². The molecule has 3 rings (SSSR count). The lowest BCUT2D eigenvalue weighted by Crippen LogP contribution is -2.23. The predicted octanol–water partition coefficient (Wildman–Crippen LogP) is 0.997. The molecule has 8 heteroatoms. The van der Waals surface area contributed by atoms with Crippen LogP contribution in [0.25, 0.3) is 0 Å². The monoisotopic (exact) mass is 337 g/mol. The van der Waals surface area contributed by atoms with Crippen molar-refractivity contribution in [3.63, 3.8) is 0 Å². The first-order valence-corrected chi connectivity index (χ1v) is 7.43. The molecule has 0 unspecified atom stereocenters. The Kier molecular flexibility index (Phi) is 4.25. The molecule has 2 heterocycles. The van der Waals surface area contributed by atoms with Crippen LogP contribution in [0, 0.1) is 0 Å². The number of amides is 1. The summed E-state index contributed by atoms with van der Waals surface area (Å²) in [5, 5.41) is 6.55. The third kappa shape index (κ3) is 3.37. The van der Waals surface area contributed by atoms with Gasteiger partial charge < -0.3 is 9.88 Å². The second-order valence-corrected chi connectivity index (χ2v) is 5.40. The van der Waals surface area contributed by atoms with Crippen LogP contribution < -0.4 is 10.9 Å². The van der Waals surface area contributed by atoms with E-state index in [2.05, 4.69) is 15.4 Å². The number of rotatable bonds is 4. The van der Waals surface area contributed by atoms with Crippen LogP contribution in [0.15, 0.2) is 53.6 Å². The number of nitrogens with zero attached hydrogens (tertiary/aromatic N) is 4. The Morgan fingerprint density at radius 1 is 1.04 bits per heavy atom. The van der Waals surface area contributed by atoms with Crippen molar-refractivity contribution in [2.24, 2.45) is 14.1 Å². The van der Waals surface area contributed by atoms with Gasteiger partial charge in [-0.1, -0.05) is 0 Å². The molecule has 0 saturated carbocycles. The van der Waals surface area contributed by atoms with Gasteiger partial charge in [0.25, 0.3) is 11.5 Å². The largest absolute Gasteiger partial charge is 0.331 e. The molecule has 25 heavy (non-hydrogen) atoms. The third-order valence-corrected chi connectivity index (χ3v) is 3.62. The van der Waals surface area contributed by atoms with E-state index in [9.17, 15) is 14.4 Å². The fourth-order valence-corrected chi connectivity index (χ4v) is 2.24. The number of aromatic nitrogens is 4. The van der Waals surface area contributed by atoms with E-state index in [1.165, 1.54) is 19.2 Å². The number of carbonyl (C=O) groups excluding carboxylic acids is 2. The van der Waals surface area contributed by atoms with Crippen LogP contribution in [0.3, 0.4) is 0 Å². The molecule has 0 aliphatic carbocycles. The van der Waals surface area contributed by atoms with E-state index in [0.29, 0.717) is 17.1 Å². The summed E-state index contributed by atoms with van der Waals surface area (Å²) >= 11 is 0. The summed E-state index contributed by atoms with van der Waals surface area (Å²) in [7, 11) is 3.21. The average molecular weight is 337 g/mol. The van der Waals surface area contributed by atoms with Gasteiger partial charge in [0.15, 0.2) is 5.82 Å². The van der Waals surface area contributed by atoms with Gasteiger partial charge in [-0.2, -0.15) is 5.10 Å². The topological polar surface area (TPSA) is 98.9 Å². The molecular formula is C17H15N5O3. The summed E-state index contributed by atoms with van der Waals surface area (Å²) in [6.45, 7) is 0. The molecule has 8 nitrogen and oxygen atoms in total. The number of anilines is 1. The Balaban J connectivity index is 1.75. The lowest BCUT2D eigenvalue weighted by molar-refractivity contribution is 0.101. The molecule has 0 bridgehead atoms. The molecular weight excluding hydrogens is 322 g/mol. The number of imidazole rings is 1. The minimum atomic E-state index is -0.446. The molecule has 0 aliphatic rings. The van der Waals surface area contributed by atoms with Gasteiger partial charge in [-0.05, 0) is 30.3 Å². The Morgan fingerprint density at radius 2 is 1.76 bits per heavy atom. The van der Waals surface area contributed by atoms with Crippen LogP contribution in [0.4, 0.5) is 5.69 Å². The first-order chi connectivity index (χ1) is 12.0. The Labute approximate surface area is 142 Å². The highest BCUT2D eigenvalue weighted by molar-refractivity contribution is 6.07. The highest BCUT2D eigenvalue weighted by Gasteiger charge is 2.14. The maximum Gasteiger partial charge on any atom is 0.276 e. The number of hydrogen-bond acceptors (Lipinski definition) is 5. The van der Waals surface area contributed by atoms with Crippen LogP contribution in [0.2, 0.25) is 0 Å².